The van der Waals surface area contributed by atoms with E-state index in [9.17, 15) is 0 Å². The van der Waals surface area contributed by atoms with Gasteiger partial charge in [-0.2, -0.15) is 0 Å². The maximum Gasteiger partial charge on any atom is 0.0705 e. The van der Waals surface area contributed by atoms with Gasteiger partial charge in [-0.25, -0.2) is 0 Å². The molecule has 3 heteroatoms. The van der Waals surface area contributed by atoms with Gasteiger partial charge in [0.2, 0.25) is 0 Å². The fraction of sp³-hybridized carbons (Fsp3) is 0.625. The van der Waals surface area contributed by atoms with E-state index < -0.39 is 0 Å². The maximum atomic E-state index is 5.45. The molecule has 0 aliphatic rings. The van der Waals surface area contributed by atoms with Crippen molar-refractivity contribution in [1.82, 2.24) is 4.98 Å². The third-order valence-corrected chi connectivity index (χ3v) is 4.80. The summed E-state index contributed by atoms with van der Waals surface area (Å²) >= 11 is 0. The Morgan fingerprint density at radius 3 is 1.78 bits per heavy atom. The molecular formula is C24H41ClN2. The van der Waals surface area contributed by atoms with E-state index in [2.05, 4.69) is 24.0 Å². The molecule has 154 valence electrons. The number of nitrogens with zero attached hydrogens (tertiary/aromatic N) is 1. The van der Waals surface area contributed by atoms with Crippen molar-refractivity contribution < 1.29 is 0 Å². The number of unbranched alkanes of at least 4 members (excludes halogenated alkanes) is 11. The van der Waals surface area contributed by atoms with Crippen LogP contribution in [0.1, 0.15) is 89.7 Å². The van der Waals surface area contributed by atoms with E-state index in [1.54, 1.807) is 0 Å². The van der Waals surface area contributed by atoms with Gasteiger partial charge in [0.25, 0.3) is 0 Å². The van der Waals surface area contributed by atoms with Crippen LogP contribution in [0, 0.1) is 6.92 Å². The van der Waals surface area contributed by atoms with Gasteiger partial charge in [0.1, 0.15) is 0 Å². The normalized spacial score (nSPS) is 10.2. The molecule has 1 aromatic heterocycles. The fourth-order valence-electron chi connectivity index (χ4n) is 3.15. The van der Waals surface area contributed by atoms with Crippen LogP contribution in [0.2, 0.25) is 0 Å². The van der Waals surface area contributed by atoms with E-state index in [1.807, 2.05) is 31.2 Å². The van der Waals surface area contributed by atoms with Crippen LogP contribution >= 0.6 is 12.4 Å². The van der Waals surface area contributed by atoms with Crippen LogP contribution in [-0.2, 0) is 0 Å². The number of fused-ring (bicyclic) bond motifs is 1. The third kappa shape index (κ3) is 13.7. The molecule has 0 unspecified atom stereocenters. The van der Waals surface area contributed by atoms with Crippen LogP contribution in [0.15, 0.2) is 36.4 Å². The highest BCUT2D eigenvalue weighted by molar-refractivity contribution is 5.85. The molecule has 0 saturated carbocycles. The van der Waals surface area contributed by atoms with Crippen LogP contribution < -0.4 is 5.73 Å². The lowest BCUT2D eigenvalue weighted by atomic mass is 10.1. The van der Waals surface area contributed by atoms with Gasteiger partial charge in [-0.05, 0) is 32.0 Å². The average Bonchev–Trinajstić information content (AvgIpc) is 2.66. The first kappa shape index (κ1) is 25.9. The molecule has 2 N–H and O–H groups in total. The molecule has 0 aliphatic carbocycles. The minimum atomic E-state index is 0. The zero-order chi connectivity index (χ0) is 18.9. The topological polar surface area (TPSA) is 38.9 Å². The lowest BCUT2D eigenvalue weighted by Crippen LogP contribution is -1.97. The lowest BCUT2D eigenvalue weighted by Gasteiger charge is -2.01. The molecule has 2 aromatic rings. The Labute approximate surface area is 173 Å². The van der Waals surface area contributed by atoms with Crippen molar-refractivity contribution in [3.05, 3.63) is 42.1 Å². The number of hydrogen-bond acceptors (Lipinski definition) is 2. The van der Waals surface area contributed by atoms with E-state index in [4.69, 9.17) is 5.73 Å². The summed E-state index contributed by atoms with van der Waals surface area (Å²) in [6, 6.07) is 12.3. The molecule has 0 amide bonds. The van der Waals surface area contributed by atoms with E-state index in [-0.39, 0.29) is 12.4 Å². The van der Waals surface area contributed by atoms with Gasteiger partial charge < -0.3 is 5.73 Å². The fourth-order valence-corrected chi connectivity index (χ4v) is 3.15. The zero-order valence-corrected chi connectivity index (χ0v) is 18.4. The standard InChI is InChI=1S/C14H31N.C10H9N.ClH/c1-2-3-4-5-6-7-8-9-10-11-12-13-14-15;1-8-6-7-9-4-2-3-5-10(9)11-8;/h2-15H2,1H3;2-7H,1H3;1H. The van der Waals surface area contributed by atoms with Gasteiger partial charge in [-0.3, -0.25) is 4.98 Å². The first-order valence-electron chi connectivity index (χ1n) is 10.8. The Morgan fingerprint density at radius 2 is 1.22 bits per heavy atom. The van der Waals surface area contributed by atoms with Gasteiger partial charge in [0.05, 0.1) is 5.52 Å². The Balaban J connectivity index is 0.000000498. The number of aromatic nitrogens is 1. The summed E-state index contributed by atoms with van der Waals surface area (Å²) in [4.78, 5) is 4.38. The number of nitrogens with two attached hydrogens (primary N) is 1. The molecule has 0 saturated heterocycles. The van der Waals surface area contributed by atoms with E-state index in [0.717, 1.165) is 17.8 Å². The summed E-state index contributed by atoms with van der Waals surface area (Å²) in [6.45, 7) is 5.16. The maximum absolute atomic E-state index is 5.45. The second-order valence-electron chi connectivity index (χ2n) is 7.32. The number of pyridine rings is 1. The van der Waals surface area contributed by atoms with Crippen LogP contribution in [0.3, 0.4) is 0 Å². The van der Waals surface area contributed by atoms with Crippen molar-refractivity contribution in [2.45, 2.75) is 90.9 Å². The first-order chi connectivity index (χ1) is 12.8. The third-order valence-electron chi connectivity index (χ3n) is 4.80. The van der Waals surface area contributed by atoms with Crippen LogP contribution in [0.4, 0.5) is 0 Å². The van der Waals surface area contributed by atoms with Crippen LogP contribution in [0.25, 0.3) is 10.9 Å². The van der Waals surface area contributed by atoms with Crippen molar-refractivity contribution in [2.24, 2.45) is 5.73 Å². The number of halogens is 1. The minimum absolute atomic E-state index is 0. The largest absolute Gasteiger partial charge is 0.330 e. The molecule has 2 rings (SSSR count). The van der Waals surface area contributed by atoms with Crippen molar-refractivity contribution in [3.63, 3.8) is 0 Å². The van der Waals surface area contributed by atoms with Gasteiger partial charge >= 0.3 is 0 Å². The molecule has 0 spiro atoms. The van der Waals surface area contributed by atoms with Crippen molar-refractivity contribution in [1.29, 1.82) is 0 Å². The monoisotopic (exact) mass is 392 g/mol. The molecule has 0 bridgehead atoms. The second-order valence-corrected chi connectivity index (χ2v) is 7.32. The van der Waals surface area contributed by atoms with Crippen LogP contribution in [-0.4, -0.2) is 11.5 Å². The number of benzene rings is 1. The summed E-state index contributed by atoms with van der Waals surface area (Å²) in [5, 5.41) is 1.21. The molecule has 0 fully saturated rings. The molecule has 0 aliphatic heterocycles. The van der Waals surface area contributed by atoms with E-state index in [1.165, 1.54) is 82.4 Å². The quantitative estimate of drug-likeness (QED) is 0.377. The predicted octanol–water partition coefficient (Wildman–Crippen LogP) is 7.61. The smallest absolute Gasteiger partial charge is 0.0705 e. The van der Waals surface area contributed by atoms with Gasteiger partial charge in [-0.1, -0.05) is 102 Å². The molecule has 0 radical (unpaired) electrons. The highest BCUT2D eigenvalue weighted by Crippen LogP contribution is 2.12. The van der Waals surface area contributed by atoms with Crippen LogP contribution in [0.5, 0.6) is 0 Å². The zero-order valence-electron chi connectivity index (χ0n) is 17.6. The Bertz CT molecular complexity index is 559. The predicted molar refractivity (Wildman–Crippen MR) is 124 cm³/mol. The second kappa shape index (κ2) is 18.3. The molecule has 0 atom stereocenters. The summed E-state index contributed by atoms with van der Waals surface area (Å²) in [5.74, 6) is 0. The number of hydrogen-bond donors (Lipinski definition) is 1. The molecule has 1 heterocycles. The highest BCUT2D eigenvalue weighted by Gasteiger charge is 1.92. The SMILES string of the molecule is CCCCCCCCCCCCCCN.Cc1ccc2ccccc2n1.Cl. The Morgan fingerprint density at radius 1 is 0.704 bits per heavy atom. The Hall–Kier alpha value is -1.12. The highest BCUT2D eigenvalue weighted by atomic mass is 35.5. The van der Waals surface area contributed by atoms with Crippen molar-refractivity contribution in [2.75, 3.05) is 6.54 Å². The van der Waals surface area contributed by atoms with E-state index in [0.29, 0.717) is 0 Å². The van der Waals surface area contributed by atoms with E-state index >= 15 is 0 Å². The van der Waals surface area contributed by atoms with Gasteiger partial charge in [-0.15, -0.1) is 12.4 Å². The minimum Gasteiger partial charge on any atom is -0.330 e. The lowest BCUT2D eigenvalue weighted by molar-refractivity contribution is 0.545. The summed E-state index contributed by atoms with van der Waals surface area (Å²) in [6.07, 6.45) is 16.9. The van der Waals surface area contributed by atoms with Crippen molar-refractivity contribution in [3.8, 4) is 0 Å². The molecular weight excluding hydrogens is 352 g/mol. The molecule has 2 nitrogen and oxygen atoms in total. The number of aryl methyl sites for hydroxylation is 1. The summed E-state index contributed by atoms with van der Waals surface area (Å²) < 4.78 is 0. The molecule has 1 aromatic carbocycles. The average molecular weight is 393 g/mol. The van der Waals surface area contributed by atoms with Crippen molar-refractivity contribution >= 4 is 23.3 Å². The first-order valence-corrected chi connectivity index (χ1v) is 10.8. The summed E-state index contributed by atoms with van der Waals surface area (Å²) in [7, 11) is 0. The van der Waals surface area contributed by atoms with Gasteiger partial charge in [0, 0.05) is 11.1 Å². The number of rotatable bonds is 12. The van der Waals surface area contributed by atoms with Gasteiger partial charge in [0.15, 0.2) is 0 Å². The Kier molecular flexibility index (Phi) is 17.5. The number of para-hydroxylation sites is 1. The molecule has 27 heavy (non-hydrogen) atoms. The summed E-state index contributed by atoms with van der Waals surface area (Å²) in [5.41, 5.74) is 7.60.